The van der Waals surface area contributed by atoms with Gasteiger partial charge in [-0.3, -0.25) is 4.79 Å². The Hall–Kier alpha value is -1.61. The van der Waals surface area contributed by atoms with Crippen LogP contribution in [0, 0.1) is 5.92 Å². The summed E-state index contributed by atoms with van der Waals surface area (Å²) in [7, 11) is 0. The number of hydrogen-bond acceptors (Lipinski definition) is 2. The van der Waals surface area contributed by atoms with Gasteiger partial charge in [0.1, 0.15) is 0 Å². The van der Waals surface area contributed by atoms with Gasteiger partial charge in [-0.05, 0) is 43.6 Å². The molecule has 0 unspecified atom stereocenters. The lowest BCUT2D eigenvalue weighted by molar-refractivity contribution is -0.120. The number of nitrogens with one attached hydrogen (secondary N) is 2. The molecule has 3 heteroatoms. The Bertz CT molecular complexity index is 391. The summed E-state index contributed by atoms with van der Waals surface area (Å²) in [5.41, 5.74) is 1.92. The maximum Gasteiger partial charge on any atom is 0.227 e. The molecule has 0 aromatic heterocycles. The van der Waals surface area contributed by atoms with E-state index in [4.69, 9.17) is 0 Å². The number of amides is 1. The summed E-state index contributed by atoms with van der Waals surface area (Å²) >= 11 is 0. The minimum atomic E-state index is 0.137. The molecule has 0 spiro atoms. The van der Waals surface area contributed by atoms with Crippen molar-refractivity contribution < 1.29 is 4.79 Å². The number of rotatable bonds is 3. The number of piperidine rings is 1. The zero-order chi connectivity index (χ0) is 12.1. The van der Waals surface area contributed by atoms with E-state index in [1.807, 2.05) is 24.3 Å². The summed E-state index contributed by atoms with van der Waals surface area (Å²) in [5, 5.41) is 6.22. The quantitative estimate of drug-likeness (QED) is 0.836. The molecular formula is C14H18N2O. The lowest BCUT2D eigenvalue weighted by Crippen LogP contribution is -2.34. The molecular weight excluding hydrogens is 212 g/mol. The van der Waals surface area contributed by atoms with Crippen LogP contribution in [0.3, 0.4) is 0 Å². The Labute approximate surface area is 102 Å². The molecule has 1 fully saturated rings. The molecule has 90 valence electrons. The molecule has 1 aromatic carbocycles. The number of carbonyl (C=O) groups excluding carboxylic acids is 1. The third-order valence-electron chi connectivity index (χ3n) is 3.12. The van der Waals surface area contributed by atoms with Crippen molar-refractivity contribution in [3.63, 3.8) is 0 Å². The first kappa shape index (κ1) is 11.9. The fourth-order valence-electron chi connectivity index (χ4n) is 2.03. The first-order valence-electron chi connectivity index (χ1n) is 6.03. The van der Waals surface area contributed by atoms with Gasteiger partial charge < -0.3 is 10.6 Å². The molecule has 0 saturated carbocycles. The minimum Gasteiger partial charge on any atom is -0.326 e. The van der Waals surface area contributed by atoms with Crippen molar-refractivity contribution in [3.05, 3.63) is 36.4 Å². The standard InChI is InChI=1S/C14H18N2O/c1-2-11-3-5-13(6-4-11)16-14(17)12-7-9-15-10-8-12/h2-6,12,15H,1,7-10H2,(H,16,17). The van der Waals surface area contributed by atoms with E-state index in [-0.39, 0.29) is 11.8 Å². The van der Waals surface area contributed by atoms with Gasteiger partial charge in [0.05, 0.1) is 0 Å². The smallest absolute Gasteiger partial charge is 0.227 e. The molecule has 3 nitrogen and oxygen atoms in total. The summed E-state index contributed by atoms with van der Waals surface area (Å²) in [5.74, 6) is 0.285. The van der Waals surface area contributed by atoms with Crippen LogP contribution >= 0.6 is 0 Å². The molecule has 1 aliphatic rings. The van der Waals surface area contributed by atoms with Crippen molar-refractivity contribution in [3.8, 4) is 0 Å². The van der Waals surface area contributed by atoms with Gasteiger partial charge in [-0.25, -0.2) is 0 Å². The molecule has 1 aliphatic heterocycles. The number of anilines is 1. The molecule has 2 rings (SSSR count). The first-order valence-corrected chi connectivity index (χ1v) is 6.03. The highest BCUT2D eigenvalue weighted by molar-refractivity contribution is 5.92. The zero-order valence-corrected chi connectivity index (χ0v) is 9.91. The van der Waals surface area contributed by atoms with Gasteiger partial charge in [0.25, 0.3) is 0 Å². The van der Waals surface area contributed by atoms with Crippen molar-refractivity contribution in [2.24, 2.45) is 5.92 Å². The van der Waals surface area contributed by atoms with Crippen LogP contribution in [0.25, 0.3) is 6.08 Å². The maximum absolute atomic E-state index is 12.0. The summed E-state index contributed by atoms with van der Waals surface area (Å²) < 4.78 is 0. The minimum absolute atomic E-state index is 0.137. The Morgan fingerprint density at radius 2 is 1.94 bits per heavy atom. The van der Waals surface area contributed by atoms with Gasteiger partial charge >= 0.3 is 0 Å². The Morgan fingerprint density at radius 1 is 1.29 bits per heavy atom. The fraction of sp³-hybridized carbons (Fsp3) is 0.357. The summed E-state index contributed by atoms with van der Waals surface area (Å²) in [6.45, 7) is 5.58. The van der Waals surface area contributed by atoms with E-state index < -0.39 is 0 Å². The van der Waals surface area contributed by atoms with Crippen LogP contribution in [0.15, 0.2) is 30.8 Å². The van der Waals surface area contributed by atoms with E-state index >= 15 is 0 Å². The SMILES string of the molecule is C=Cc1ccc(NC(=O)C2CCNCC2)cc1. The van der Waals surface area contributed by atoms with Crippen molar-refractivity contribution >= 4 is 17.7 Å². The molecule has 0 bridgehead atoms. The molecule has 1 amide bonds. The predicted molar refractivity (Wildman–Crippen MR) is 70.8 cm³/mol. The molecule has 0 atom stereocenters. The maximum atomic E-state index is 12.0. The van der Waals surface area contributed by atoms with Crippen molar-refractivity contribution in [2.75, 3.05) is 18.4 Å². The Balaban J connectivity index is 1.94. The number of hydrogen-bond donors (Lipinski definition) is 2. The monoisotopic (exact) mass is 230 g/mol. The van der Waals surface area contributed by atoms with Gasteiger partial charge in [0.15, 0.2) is 0 Å². The number of benzene rings is 1. The third-order valence-corrected chi connectivity index (χ3v) is 3.12. The number of carbonyl (C=O) groups is 1. The molecule has 0 radical (unpaired) electrons. The lowest BCUT2D eigenvalue weighted by Gasteiger charge is -2.21. The fourth-order valence-corrected chi connectivity index (χ4v) is 2.03. The van der Waals surface area contributed by atoms with Crippen molar-refractivity contribution in [1.82, 2.24) is 5.32 Å². The molecule has 2 N–H and O–H groups in total. The second kappa shape index (κ2) is 5.64. The van der Waals surface area contributed by atoms with Gasteiger partial charge in [-0.1, -0.05) is 24.8 Å². The van der Waals surface area contributed by atoms with Gasteiger partial charge in [0.2, 0.25) is 5.91 Å². The van der Waals surface area contributed by atoms with Crippen LogP contribution < -0.4 is 10.6 Å². The highest BCUT2D eigenvalue weighted by Crippen LogP contribution is 2.16. The van der Waals surface area contributed by atoms with E-state index in [1.54, 1.807) is 6.08 Å². The Morgan fingerprint density at radius 3 is 2.53 bits per heavy atom. The zero-order valence-electron chi connectivity index (χ0n) is 9.91. The van der Waals surface area contributed by atoms with Gasteiger partial charge in [0, 0.05) is 11.6 Å². The molecule has 0 aliphatic carbocycles. The molecule has 1 aromatic rings. The van der Waals surface area contributed by atoms with Crippen LogP contribution in [-0.2, 0) is 4.79 Å². The second-order valence-corrected chi connectivity index (χ2v) is 4.34. The molecule has 1 heterocycles. The third kappa shape index (κ3) is 3.17. The average molecular weight is 230 g/mol. The molecule has 17 heavy (non-hydrogen) atoms. The van der Waals surface area contributed by atoms with E-state index in [2.05, 4.69) is 17.2 Å². The van der Waals surface area contributed by atoms with E-state index in [1.165, 1.54) is 0 Å². The normalized spacial score (nSPS) is 16.5. The predicted octanol–water partition coefficient (Wildman–Crippen LogP) is 2.27. The van der Waals surface area contributed by atoms with Gasteiger partial charge in [-0.2, -0.15) is 0 Å². The average Bonchev–Trinajstić information content (AvgIpc) is 2.40. The van der Waals surface area contributed by atoms with Crippen LogP contribution in [0.1, 0.15) is 18.4 Å². The van der Waals surface area contributed by atoms with E-state index in [0.717, 1.165) is 37.2 Å². The molecule has 1 saturated heterocycles. The van der Waals surface area contributed by atoms with Gasteiger partial charge in [-0.15, -0.1) is 0 Å². The van der Waals surface area contributed by atoms with Crippen LogP contribution in [0.5, 0.6) is 0 Å². The Kier molecular flexibility index (Phi) is 3.94. The highest BCUT2D eigenvalue weighted by atomic mass is 16.1. The van der Waals surface area contributed by atoms with E-state index in [0.29, 0.717) is 0 Å². The van der Waals surface area contributed by atoms with Crippen LogP contribution in [0.4, 0.5) is 5.69 Å². The summed E-state index contributed by atoms with van der Waals surface area (Å²) in [6, 6.07) is 7.72. The second-order valence-electron chi connectivity index (χ2n) is 4.34. The first-order chi connectivity index (χ1) is 8.29. The van der Waals surface area contributed by atoms with Crippen molar-refractivity contribution in [1.29, 1.82) is 0 Å². The van der Waals surface area contributed by atoms with Crippen molar-refractivity contribution in [2.45, 2.75) is 12.8 Å². The van der Waals surface area contributed by atoms with Crippen LogP contribution in [-0.4, -0.2) is 19.0 Å². The topological polar surface area (TPSA) is 41.1 Å². The summed E-state index contributed by atoms with van der Waals surface area (Å²) in [4.78, 5) is 12.0. The highest BCUT2D eigenvalue weighted by Gasteiger charge is 2.20. The summed E-state index contributed by atoms with van der Waals surface area (Å²) in [6.07, 6.45) is 3.64. The lowest BCUT2D eigenvalue weighted by atomic mass is 9.97. The van der Waals surface area contributed by atoms with Crippen LogP contribution in [0.2, 0.25) is 0 Å². The van der Waals surface area contributed by atoms with E-state index in [9.17, 15) is 4.79 Å². The largest absolute Gasteiger partial charge is 0.326 e.